The maximum absolute atomic E-state index is 14.1. The van der Waals surface area contributed by atoms with E-state index in [-0.39, 0.29) is 45.1 Å². The van der Waals surface area contributed by atoms with Crippen LogP contribution >= 0.6 is 13.5 Å². The number of benzene rings is 4. The van der Waals surface area contributed by atoms with Gasteiger partial charge in [0.15, 0.2) is 0 Å². The molecule has 8 nitrogen and oxygen atoms in total. The molecule has 0 bridgehead atoms. The fourth-order valence-corrected chi connectivity index (χ4v) is 5.44. The predicted octanol–water partition coefficient (Wildman–Crippen LogP) is 5.59. The fourth-order valence-electron chi connectivity index (χ4n) is 5.44. The Morgan fingerprint density at radius 3 is 1.71 bits per heavy atom. The number of rotatable bonds is 4. The Kier molecular flexibility index (Phi) is 7.98. The van der Waals surface area contributed by atoms with Crippen LogP contribution in [0, 0.1) is 0 Å². The lowest BCUT2D eigenvalue weighted by molar-refractivity contribution is -0.153. The van der Waals surface area contributed by atoms with Crippen molar-refractivity contribution < 1.29 is 24.2 Å². The fraction of sp³-hybridized carbons (Fsp3) is 0.156. The van der Waals surface area contributed by atoms with Gasteiger partial charge in [0.2, 0.25) is 5.91 Å². The molecule has 0 spiro atoms. The van der Waals surface area contributed by atoms with Crippen molar-refractivity contribution in [3.8, 4) is 11.5 Å². The van der Waals surface area contributed by atoms with Crippen LogP contribution in [0.4, 0.5) is 16.2 Å². The standard InChI is InChI=1S/C32H27N3O5.H2S/c36-30(29-24-15-7-9-17-27(24)40-28-18-10-8-16-25(28)29)34-20-19-33(21-26(34)31(37)38)32(39)35(22-11-3-1-4-12-22)23-13-5-2-6-14-23;/h1-18,26,29H,19-21H2,(H,37,38);1H2/t26-;/m0./s1. The number of amides is 3. The average Bonchev–Trinajstić information content (AvgIpc) is 3.00. The second-order valence-corrected chi connectivity index (χ2v) is 9.73. The highest BCUT2D eigenvalue weighted by Gasteiger charge is 2.43. The number of carbonyl (C=O) groups is 3. The summed E-state index contributed by atoms with van der Waals surface area (Å²) in [5, 5.41) is 10.2. The summed E-state index contributed by atoms with van der Waals surface area (Å²) in [4.78, 5) is 45.1. The second-order valence-electron chi connectivity index (χ2n) is 9.73. The molecule has 9 heteroatoms. The lowest BCUT2D eigenvalue weighted by Crippen LogP contribution is -2.61. The van der Waals surface area contributed by atoms with Gasteiger partial charge in [-0.05, 0) is 36.4 Å². The number of hydrogen-bond acceptors (Lipinski definition) is 4. The van der Waals surface area contributed by atoms with E-state index in [2.05, 4.69) is 0 Å². The van der Waals surface area contributed by atoms with Gasteiger partial charge in [0.1, 0.15) is 17.5 Å². The van der Waals surface area contributed by atoms with E-state index >= 15 is 0 Å². The number of ether oxygens (including phenoxy) is 1. The topological polar surface area (TPSA) is 90.4 Å². The normalized spacial score (nSPS) is 16.0. The van der Waals surface area contributed by atoms with Gasteiger partial charge in [-0.2, -0.15) is 13.5 Å². The van der Waals surface area contributed by atoms with Gasteiger partial charge in [-0.15, -0.1) is 0 Å². The van der Waals surface area contributed by atoms with Gasteiger partial charge >= 0.3 is 12.0 Å². The second kappa shape index (κ2) is 11.8. The number of fused-ring (bicyclic) bond motifs is 2. The number of hydrogen-bond donors (Lipinski definition) is 1. The van der Waals surface area contributed by atoms with Crippen LogP contribution in [0.1, 0.15) is 17.0 Å². The molecule has 0 aromatic heterocycles. The zero-order valence-electron chi connectivity index (χ0n) is 22.1. The first-order valence-electron chi connectivity index (χ1n) is 13.1. The van der Waals surface area contributed by atoms with E-state index in [0.29, 0.717) is 34.0 Å². The molecule has 0 saturated carbocycles. The maximum Gasteiger partial charge on any atom is 0.329 e. The summed E-state index contributed by atoms with van der Waals surface area (Å²) in [7, 11) is 0. The first kappa shape index (κ1) is 27.8. The van der Waals surface area contributed by atoms with E-state index in [1.807, 2.05) is 97.1 Å². The summed E-state index contributed by atoms with van der Waals surface area (Å²) in [6.45, 7) is 0.139. The molecular formula is C32H29N3O5S. The van der Waals surface area contributed by atoms with E-state index in [0.717, 1.165) is 0 Å². The Labute approximate surface area is 244 Å². The average molecular weight is 568 g/mol. The smallest absolute Gasteiger partial charge is 0.329 e. The van der Waals surface area contributed by atoms with Crippen molar-refractivity contribution in [2.45, 2.75) is 12.0 Å². The summed E-state index contributed by atoms with van der Waals surface area (Å²) in [6, 6.07) is 31.5. The molecule has 1 N–H and O–H groups in total. The molecule has 2 heterocycles. The van der Waals surface area contributed by atoms with Gasteiger partial charge in [-0.3, -0.25) is 9.69 Å². The van der Waals surface area contributed by atoms with E-state index in [1.54, 1.807) is 17.0 Å². The molecule has 6 rings (SSSR count). The number of piperazine rings is 1. The third-order valence-electron chi connectivity index (χ3n) is 7.37. The third-order valence-corrected chi connectivity index (χ3v) is 7.37. The Balaban J connectivity index is 0.00000337. The van der Waals surface area contributed by atoms with Crippen LogP contribution in [0.3, 0.4) is 0 Å². The largest absolute Gasteiger partial charge is 0.480 e. The van der Waals surface area contributed by atoms with Crippen molar-refractivity contribution in [1.29, 1.82) is 0 Å². The first-order chi connectivity index (χ1) is 19.5. The number of carboxylic acid groups (broad SMARTS) is 1. The number of nitrogens with zero attached hydrogens (tertiary/aromatic N) is 3. The summed E-state index contributed by atoms with van der Waals surface area (Å²) in [5.74, 6) is -1.06. The number of aliphatic carboxylic acids is 1. The highest BCUT2D eigenvalue weighted by atomic mass is 32.1. The molecule has 1 saturated heterocycles. The van der Waals surface area contributed by atoms with Crippen molar-refractivity contribution in [2.24, 2.45) is 0 Å². The Morgan fingerprint density at radius 1 is 0.707 bits per heavy atom. The Morgan fingerprint density at radius 2 is 1.20 bits per heavy atom. The minimum absolute atomic E-state index is 0. The molecule has 208 valence electrons. The van der Waals surface area contributed by atoms with Crippen LogP contribution < -0.4 is 9.64 Å². The molecular weight excluding hydrogens is 538 g/mol. The van der Waals surface area contributed by atoms with Crippen LogP contribution in [-0.4, -0.2) is 58.5 Å². The summed E-state index contributed by atoms with van der Waals surface area (Å²) in [6.07, 6.45) is 0. The molecule has 1 atom stereocenters. The number of para-hydroxylation sites is 4. The van der Waals surface area contributed by atoms with Gasteiger partial charge in [0.25, 0.3) is 0 Å². The molecule has 2 aliphatic heterocycles. The summed E-state index contributed by atoms with van der Waals surface area (Å²) >= 11 is 0. The van der Waals surface area contributed by atoms with Gasteiger partial charge in [-0.25, -0.2) is 9.59 Å². The monoisotopic (exact) mass is 567 g/mol. The molecule has 2 aliphatic rings. The highest BCUT2D eigenvalue weighted by molar-refractivity contribution is 7.59. The number of carbonyl (C=O) groups excluding carboxylic acids is 2. The van der Waals surface area contributed by atoms with Gasteiger partial charge in [0.05, 0.1) is 23.8 Å². The van der Waals surface area contributed by atoms with Crippen molar-refractivity contribution in [3.63, 3.8) is 0 Å². The van der Waals surface area contributed by atoms with E-state index in [4.69, 9.17) is 4.74 Å². The van der Waals surface area contributed by atoms with Gasteiger partial charge in [0, 0.05) is 24.2 Å². The third kappa shape index (κ3) is 5.24. The first-order valence-corrected chi connectivity index (χ1v) is 13.1. The molecule has 1 fully saturated rings. The Hall–Kier alpha value is -4.76. The molecule has 4 aromatic carbocycles. The quantitative estimate of drug-likeness (QED) is 0.347. The maximum atomic E-state index is 14.1. The van der Waals surface area contributed by atoms with Crippen molar-refractivity contribution >= 4 is 42.8 Å². The molecule has 41 heavy (non-hydrogen) atoms. The number of carboxylic acids is 1. The van der Waals surface area contributed by atoms with E-state index in [9.17, 15) is 19.5 Å². The number of urea groups is 1. The predicted molar refractivity (Wildman–Crippen MR) is 160 cm³/mol. The molecule has 4 aromatic rings. The lowest BCUT2D eigenvalue weighted by Gasteiger charge is -2.42. The zero-order chi connectivity index (χ0) is 27.6. The summed E-state index contributed by atoms with van der Waals surface area (Å²) in [5.41, 5.74) is 2.71. The minimum atomic E-state index is -1.21. The molecule has 0 aliphatic carbocycles. The van der Waals surface area contributed by atoms with Crippen molar-refractivity contribution in [1.82, 2.24) is 9.80 Å². The van der Waals surface area contributed by atoms with Gasteiger partial charge in [-0.1, -0.05) is 72.8 Å². The van der Waals surface area contributed by atoms with Crippen LogP contribution in [0.5, 0.6) is 11.5 Å². The van der Waals surface area contributed by atoms with Crippen LogP contribution in [0.15, 0.2) is 109 Å². The molecule has 0 unspecified atom stereocenters. The SMILES string of the molecule is O=C(O)[C@@H]1CN(C(=O)N(c2ccccc2)c2ccccc2)CCN1C(=O)C1c2ccccc2Oc2ccccc21.S. The van der Waals surface area contributed by atoms with Gasteiger partial charge < -0.3 is 19.6 Å². The summed E-state index contributed by atoms with van der Waals surface area (Å²) < 4.78 is 6.03. The lowest BCUT2D eigenvalue weighted by atomic mass is 9.86. The highest BCUT2D eigenvalue weighted by Crippen LogP contribution is 2.45. The molecule has 0 radical (unpaired) electrons. The van der Waals surface area contributed by atoms with Crippen LogP contribution in [0.25, 0.3) is 0 Å². The molecule has 3 amide bonds. The van der Waals surface area contributed by atoms with Crippen LogP contribution in [0.2, 0.25) is 0 Å². The van der Waals surface area contributed by atoms with Crippen molar-refractivity contribution in [2.75, 3.05) is 24.5 Å². The van der Waals surface area contributed by atoms with E-state index in [1.165, 1.54) is 9.80 Å². The van der Waals surface area contributed by atoms with E-state index < -0.39 is 17.9 Å². The van der Waals surface area contributed by atoms with Crippen molar-refractivity contribution in [3.05, 3.63) is 120 Å². The number of anilines is 2. The Bertz CT molecular complexity index is 1480. The van der Waals surface area contributed by atoms with Crippen LogP contribution in [-0.2, 0) is 9.59 Å². The minimum Gasteiger partial charge on any atom is -0.480 e. The zero-order valence-corrected chi connectivity index (χ0v) is 23.1.